The van der Waals surface area contributed by atoms with Crippen molar-refractivity contribution >= 4 is 52.4 Å². The number of aromatic nitrogens is 4. The van der Waals surface area contributed by atoms with Gasteiger partial charge >= 0.3 is 5.97 Å². The topological polar surface area (TPSA) is 89.4 Å². The maximum atomic E-state index is 12.9. The van der Waals surface area contributed by atoms with Crippen LogP contribution in [0.2, 0.25) is 10.0 Å². The van der Waals surface area contributed by atoms with E-state index in [1.165, 1.54) is 18.9 Å². The summed E-state index contributed by atoms with van der Waals surface area (Å²) in [5, 5.41) is 8.94. The van der Waals surface area contributed by atoms with Crippen molar-refractivity contribution in [3.8, 4) is 0 Å². The highest BCUT2D eigenvalue weighted by atomic mass is 35.5. The van der Waals surface area contributed by atoms with Crippen LogP contribution in [0, 0.1) is 13.8 Å². The summed E-state index contributed by atoms with van der Waals surface area (Å²) >= 11 is 13.4. The second-order valence-electron chi connectivity index (χ2n) is 5.92. The van der Waals surface area contributed by atoms with Crippen LogP contribution in [-0.2, 0) is 4.74 Å². The number of halogens is 2. The Morgan fingerprint density at radius 2 is 2.00 bits per heavy atom. The minimum Gasteiger partial charge on any atom is -0.465 e. The number of carbonyl (C=O) groups is 2. The number of aromatic amines is 1. The molecule has 0 aromatic carbocycles. The molecule has 3 rings (SSSR count). The molecule has 0 bridgehead atoms. The number of hydrogen-bond donors (Lipinski definition) is 1. The molecular formula is C17H16Cl2N4O3S. The van der Waals surface area contributed by atoms with Crippen molar-refractivity contribution in [1.29, 1.82) is 0 Å². The number of rotatable bonds is 5. The largest absolute Gasteiger partial charge is 0.465 e. The highest BCUT2D eigenvalue weighted by Crippen LogP contribution is 2.30. The van der Waals surface area contributed by atoms with Crippen LogP contribution in [0.15, 0.2) is 17.4 Å². The number of nitrogens with zero attached hydrogens (tertiary/aromatic N) is 3. The van der Waals surface area contributed by atoms with Crippen molar-refractivity contribution in [3.05, 3.63) is 44.8 Å². The number of carbonyl (C=O) groups excluding carboxylic acids is 2. The Labute approximate surface area is 169 Å². The molecule has 142 valence electrons. The number of hydrogen-bond acceptors (Lipinski definition) is 6. The molecule has 0 aliphatic rings. The van der Waals surface area contributed by atoms with Crippen molar-refractivity contribution in [1.82, 2.24) is 19.6 Å². The number of ether oxygens (including phenoxy) is 1. The number of H-pyrrole nitrogens is 1. The standard InChI is InChI=1S/C17H16Cl2N4O3S/c1-7-12(16(25)26-4)8(2)20-13(7)14(24)9(3)27-17-22-21-15-11(19)5-10(18)6-23(15)17/h5-6,9,20H,1-4H3. The van der Waals surface area contributed by atoms with Gasteiger partial charge in [-0.25, -0.2) is 4.79 Å². The lowest BCUT2D eigenvalue weighted by molar-refractivity contribution is 0.0599. The molecule has 0 aliphatic heterocycles. The smallest absolute Gasteiger partial charge is 0.339 e. The van der Waals surface area contributed by atoms with Crippen LogP contribution >= 0.6 is 35.0 Å². The third kappa shape index (κ3) is 3.56. The maximum absolute atomic E-state index is 12.9. The molecule has 0 radical (unpaired) electrons. The number of esters is 1. The van der Waals surface area contributed by atoms with E-state index in [4.69, 9.17) is 27.9 Å². The molecule has 7 nitrogen and oxygen atoms in total. The van der Waals surface area contributed by atoms with Gasteiger partial charge in [-0.15, -0.1) is 10.2 Å². The van der Waals surface area contributed by atoms with Gasteiger partial charge in [-0.1, -0.05) is 35.0 Å². The fourth-order valence-electron chi connectivity index (χ4n) is 2.80. The molecule has 3 aromatic rings. The first-order valence-corrected chi connectivity index (χ1v) is 9.56. The Balaban J connectivity index is 1.91. The zero-order valence-corrected chi connectivity index (χ0v) is 17.3. The first-order chi connectivity index (χ1) is 12.7. The summed E-state index contributed by atoms with van der Waals surface area (Å²) in [4.78, 5) is 27.8. The third-order valence-corrected chi connectivity index (χ3v) is 5.66. The summed E-state index contributed by atoms with van der Waals surface area (Å²) in [5.74, 6) is -0.644. The Bertz CT molecular complexity index is 1060. The Hall–Kier alpha value is -2.03. The molecule has 0 fully saturated rings. The van der Waals surface area contributed by atoms with Gasteiger partial charge in [0.2, 0.25) is 0 Å². The van der Waals surface area contributed by atoms with E-state index in [-0.39, 0.29) is 5.78 Å². The molecule has 0 saturated carbocycles. The van der Waals surface area contributed by atoms with Crippen molar-refractivity contribution < 1.29 is 14.3 Å². The molecule has 0 saturated heterocycles. The summed E-state index contributed by atoms with van der Waals surface area (Å²) < 4.78 is 6.43. The number of nitrogens with one attached hydrogen (secondary N) is 1. The van der Waals surface area contributed by atoms with E-state index in [2.05, 4.69) is 15.2 Å². The molecular weight excluding hydrogens is 411 g/mol. The van der Waals surface area contributed by atoms with Gasteiger partial charge < -0.3 is 9.72 Å². The van der Waals surface area contributed by atoms with Crippen molar-refractivity contribution in [2.45, 2.75) is 31.2 Å². The Kier molecular flexibility index (Phi) is 5.50. The molecule has 0 spiro atoms. The Morgan fingerprint density at radius 1 is 1.30 bits per heavy atom. The summed E-state index contributed by atoms with van der Waals surface area (Å²) in [6, 6.07) is 1.58. The van der Waals surface area contributed by atoms with Crippen molar-refractivity contribution in [2.75, 3.05) is 7.11 Å². The minimum atomic E-state index is -0.489. The minimum absolute atomic E-state index is 0.166. The lowest BCUT2D eigenvalue weighted by Crippen LogP contribution is -2.16. The van der Waals surface area contributed by atoms with Gasteiger partial charge in [0.15, 0.2) is 16.6 Å². The summed E-state index contributed by atoms with van der Waals surface area (Å²) in [6.07, 6.45) is 1.64. The van der Waals surface area contributed by atoms with Gasteiger partial charge in [0.25, 0.3) is 0 Å². The van der Waals surface area contributed by atoms with E-state index in [9.17, 15) is 9.59 Å². The fraction of sp³-hybridized carbons (Fsp3) is 0.294. The third-order valence-electron chi connectivity index (χ3n) is 4.12. The van der Waals surface area contributed by atoms with Crippen LogP contribution in [0.4, 0.5) is 0 Å². The van der Waals surface area contributed by atoms with Gasteiger partial charge in [-0.2, -0.15) is 0 Å². The van der Waals surface area contributed by atoms with Crippen LogP contribution in [0.3, 0.4) is 0 Å². The lowest BCUT2D eigenvalue weighted by Gasteiger charge is -2.09. The molecule has 0 amide bonds. The van der Waals surface area contributed by atoms with E-state index in [1.807, 2.05) is 0 Å². The first-order valence-electron chi connectivity index (χ1n) is 7.92. The molecule has 27 heavy (non-hydrogen) atoms. The van der Waals surface area contributed by atoms with Crippen LogP contribution in [0.1, 0.15) is 39.0 Å². The van der Waals surface area contributed by atoms with Crippen molar-refractivity contribution in [2.24, 2.45) is 0 Å². The number of aryl methyl sites for hydroxylation is 1. The second kappa shape index (κ2) is 7.53. The predicted octanol–water partition coefficient (Wildman–Crippen LogP) is 4.13. The number of pyridine rings is 1. The van der Waals surface area contributed by atoms with E-state index in [0.717, 1.165) is 0 Å². The molecule has 3 aromatic heterocycles. The molecule has 1 unspecified atom stereocenters. The van der Waals surface area contributed by atoms with Crippen LogP contribution < -0.4 is 0 Å². The van der Waals surface area contributed by atoms with Crippen LogP contribution in [-0.4, -0.2) is 43.7 Å². The molecule has 1 N–H and O–H groups in total. The number of fused-ring (bicyclic) bond motifs is 1. The summed E-state index contributed by atoms with van der Waals surface area (Å²) in [6.45, 7) is 5.20. The van der Waals surface area contributed by atoms with Crippen molar-refractivity contribution in [3.63, 3.8) is 0 Å². The zero-order valence-electron chi connectivity index (χ0n) is 15.0. The number of ketones is 1. The quantitative estimate of drug-likeness (QED) is 0.374. The molecule has 1 atom stereocenters. The maximum Gasteiger partial charge on any atom is 0.339 e. The average Bonchev–Trinajstić information content (AvgIpc) is 3.14. The molecule has 0 aliphatic carbocycles. The fourth-order valence-corrected chi connectivity index (χ4v) is 4.19. The second-order valence-corrected chi connectivity index (χ2v) is 8.07. The predicted molar refractivity (Wildman–Crippen MR) is 104 cm³/mol. The molecule has 10 heteroatoms. The normalized spacial score (nSPS) is 12.4. The average molecular weight is 427 g/mol. The van der Waals surface area contributed by atoms with Crippen LogP contribution in [0.25, 0.3) is 5.65 Å². The van der Waals surface area contributed by atoms with E-state index >= 15 is 0 Å². The highest BCUT2D eigenvalue weighted by molar-refractivity contribution is 8.00. The zero-order chi connectivity index (χ0) is 19.9. The Morgan fingerprint density at radius 3 is 2.67 bits per heavy atom. The van der Waals surface area contributed by atoms with Gasteiger partial charge in [-0.3, -0.25) is 9.20 Å². The van der Waals surface area contributed by atoms with Gasteiger partial charge in [0.1, 0.15) is 0 Å². The van der Waals surface area contributed by atoms with E-state index in [1.54, 1.807) is 37.4 Å². The first kappa shape index (κ1) is 19.7. The van der Waals surface area contributed by atoms with E-state index in [0.29, 0.717) is 43.4 Å². The number of Topliss-reactive ketones (excluding diaryl/α,β-unsaturated/α-hetero) is 1. The number of methoxy groups -OCH3 is 1. The van der Waals surface area contributed by atoms with E-state index < -0.39 is 11.2 Å². The highest BCUT2D eigenvalue weighted by Gasteiger charge is 2.27. The molecule has 3 heterocycles. The van der Waals surface area contributed by atoms with Gasteiger partial charge in [0.05, 0.1) is 33.7 Å². The number of thioether (sulfide) groups is 1. The summed E-state index contributed by atoms with van der Waals surface area (Å²) in [7, 11) is 1.31. The lowest BCUT2D eigenvalue weighted by atomic mass is 10.1. The van der Waals surface area contributed by atoms with Gasteiger partial charge in [0, 0.05) is 11.9 Å². The van der Waals surface area contributed by atoms with Crippen LogP contribution in [0.5, 0.6) is 0 Å². The summed E-state index contributed by atoms with van der Waals surface area (Å²) in [5.41, 5.74) is 2.37. The van der Waals surface area contributed by atoms with Gasteiger partial charge in [-0.05, 0) is 32.4 Å². The SMILES string of the molecule is COC(=O)c1c(C)[nH]c(C(=O)C(C)Sc2nnc3c(Cl)cc(Cl)cn23)c1C. The monoisotopic (exact) mass is 426 g/mol.